The van der Waals surface area contributed by atoms with E-state index in [2.05, 4.69) is 34.5 Å². The normalized spacial score (nSPS) is 11.2. The first-order valence-electron chi connectivity index (χ1n) is 19.1. The van der Waals surface area contributed by atoms with Crippen molar-refractivity contribution in [2.75, 3.05) is 36.6 Å². The van der Waals surface area contributed by atoms with Gasteiger partial charge in [0.05, 0.1) is 43.8 Å². The lowest BCUT2D eigenvalue weighted by molar-refractivity contribution is -0.142. The number of ether oxygens (including phenoxy) is 3. The Hall–Kier alpha value is -5.79. The summed E-state index contributed by atoms with van der Waals surface area (Å²) in [6, 6.07) is 17.7. The van der Waals surface area contributed by atoms with Gasteiger partial charge in [-0.1, -0.05) is 58.4 Å². The van der Waals surface area contributed by atoms with Gasteiger partial charge < -0.3 is 24.1 Å². The number of imidazole rings is 1. The lowest BCUT2D eigenvalue weighted by Crippen LogP contribution is -2.34. The van der Waals surface area contributed by atoms with E-state index in [1.807, 2.05) is 17.7 Å². The predicted molar refractivity (Wildman–Crippen MR) is 212 cm³/mol. The van der Waals surface area contributed by atoms with E-state index < -0.39 is 18.2 Å². The lowest BCUT2D eigenvalue weighted by atomic mass is 10.1. The zero-order valence-electron chi connectivity index (χ0n) is 32.3. The molecule has 0 aliphatic heterocycles. The van der Waals surface area contributed by atoms with Crippen molar-refractivity contribution in [1.82, 2.24) is 19.9 Å². The summed E-state index contributed by atoms with van der Waals surface area (Å²) in [6.45, 7) is 7.21. The first kappa shape index (κ1) is 42.0. The summed E-state index contributed by atoms with van der Waals surface area (Å²) in [5, 5.41) is 5.97. The molecule has 2 aromatic heterocycles. The molecule has 4 rings (SSSR count). The minimum absolute atomic E-state index is 0.0286. The van der Waals surface area contributed by atoms with Crippen LogP contribution in [0.25, 0.3) is 11.0 Å². The average molecular weight is 756 g/mol. The number of hydrogen-bond acceptors (Lipinski definition) is 10. The van der Waals surface area contributed by atoms with Gasteiger partial charge in [0.1, 0.15) is 17.5 Å². The van der Waals surface area contributed by atoms with Gasteiger partial charge in [0.15, 0.2) is 0 Å². The second-order valence-electron chi connectivity index (χ2n) is 12.9. The summed E-state index contributed by atoms with van der Waals surface area (Å²) >= 11 is 0. The van der Waals surface area contributed by atoms with Crippen molar-refractivity contribution in [2.45, 2.75) is 85.1 Å². The van der Waals surface area contributed by atoms with Crippen LogP contribution in [-0.2, 0) is 32.6 Å². The lowest BCUT2D eigenvalue weighted by Gasteiger charge is -2.21. The summed E-state index contributed by atoms with van der Waals surface area (Å²) in [4.78, 5) is 65.7. The van der Waals surface area contributed by atoms with Crippen molar-refractivity contribution in [3.8, 4) is 0 Å². The number of hydrogen-bond donors (Lipinski definition) is 2. The van der Waals surface area contributed by atoms with E-state index in [9.17, 15) is 19.2 Å². The second-order valence-corrected chi connectivity index (χ2v) is 12.9. The molecule has 14 nitrogen and oxygen atoms in total. The highest BCUT2D eigenvalue weighted by atomic mass is 16.6. The minimum atomic E-state index is -0.787. The molecular formula is C41H53N7O7. The Morgan fingerprint density at radius 3 is 2.20 bits per heavy atom. The Balaban J connectivity index is 1.44. The first-order chi connectivity index (χ1) is 26.7. The molecule has 0 radical (unpaired) electrons. The van der Waals surface area contributed by atoms with Crippen LogP contribution in [0.2, 0.25) is 0 Å². The fraction of sp³-hybridized carbons (Fsp3) is 0.439. The maximum Gasteiger partial charge on any atom is 0.435 e. The van der Waals surface area contributed by atoms with Crippen LogP contribution in [0.1, 0.15) is 100 Å². The highest BCUT2D eigenvalue weighted by molar-refractivity contribution is 6.10. The molecular weight excluding hydrogens is 702 g/mol. The maximum atomic E-state index is 13.7. The van der Waals surface area contributed by atoms with E-state index in [1.165, 1.54) is 4.90 Å². The molecule has 0 unspecified atom stereocenters. The minimum Gasteiger partial charge on any atom is -0.466 e. The second kappa shape index (κ2) is 22.4. The number of carbonyl (C=O) groups excluding carboxylic acids is 4. The Kier molecular flexibility index (Phi) is 17.1. The van der Waals surface area contributed by atoms with E-state index in [-0.39, 0.29) is 44.5 Å². The van der Waals surface area contributed by atoms with Crippen LogP contribution in [0, 0.1) is 0 Å². The molecule has 2 N–H and O–H groups in total. The van der Waals surface area contributed by atoms with Gasteiger partial charge in [0.2, 0.25) is 0 Å². The third kappa shape index (κ3) is 13.2. The Labute approximate surface area is 322 Å². The molecule has 0 atom stereocenters. The van der Waals surface area contributed by atoms with Crippen LogP contribution in [0.4, 0.5) is 21.1 Å². The molecule has 0 spiro atoms. The Bertz CT molecular complexity index is 1880. The van der Waals surface area contributed by atoms with Crippen LogP contribution in [0.15, 0.2) is 71.9 Å². The quantitative estimate of drug-likeness (QED) is 0.0297. The van der Waals surface area contributed by atoms with Gasteiger partial charge >= 0.3 is 18.2 Å². The van der Waals surface area contributed by atoms with Crippen molar-refractivity contribution in [1.29, 1.82) is 0 Å². The molecule has 3 amide bonds. The number of aromatic nitrogens is 3. The van der Waals surface area contributed by atoms with Gasteiger partial charge in [-0.05, 0) is 74.4 Å². The number of unbranched alkanes of at least 4 members (excludes halogenated alkanes) is 6. The monoisotopic (exact) mass is 755 g/mol. The number of benzene rings is 2. The topological polar surface area (TPSA) is 166 Å². The van der Waals surface area contributed by atoms with Gasteiger partial charge in [0.25, 0.3) is 5.91 Å². The van der Waals surface area contributed by atoms with Crippen molar-refractivity contribution >= 4 is 52.4 Å². The van der Waals surface area contributed by atoms with Gasteiger partial charge in [-0.2, -0.15) is 4.99 Å². The van der Waals surface area contributed by atoms with Crippen LogP contribution in [0.5, 0.6) is 0 Å². The smallest absolute Gasteiger partial charge is 0.435 e. The Morgan fingerprint density at radius 2 is 1.53 bits per heavy atom. The molecule has 294 valence electrons. The van der Waals surface area contributed by atoms with Gasteiger partial charge in [-0.15, -0.1) is 0 Å². The van der Waals surface area contributed by atoms with Crippen LogP contribution >= 0.6 is 0 Å². The van der Waals surface area contributed by atoms with Crippen molar-refractivity contribution < 1.29 is 33.4 Å². The molecule has 0 aliphatic carbocycles. The number of anilines is 2. The first-order valence-corrected chi connectivity index (χ1v) is 19.1. The number of aliphatic imine (C=N–C) groups is 1. The zero-order chi connectivity index (χ0) is 39.4. The molecule has 0 saturated carbocycles. The number of pyridine rings is 1. The van der Waals surface area contributed by atoms with Crippen molar-refractivity contribution in [3.63, 3.8) is 0 Å². The number of alkyl carbamates (subject to hydrolysis) is 1. The zero-order valence-corrected chi connectivity index (χ0v) is 32.3. The molecule has 55 heavy (non-hydrogen) atoms. The summed E-state index contributed by atoms with van der Waals surface area (Å²) in [6.07, 6.45) is 7.82. The number of esters is 1. The molecule has 14 heteroatoms. The van der Waals surface area contributed by atoms with Crippen molar-refractivity contribution in [3.05, 3.63) is 83.8 Å². The van der Waals surface area contributed by atoms with Gasteiger partial charge in [-0.3, -0.25) is 19.8 Å². The molecule has 0 aliphatic rings. The maximum absolute atomic E-state index is 13.7. The largest absolute Gasteiger partial charge is 0.466 e. The third-order valence-electron chi connectivity index (χ3n) is 8.72. The molecule has 0 bridgehead atoms. The van der Waals surface area contributed by atoms with E-state index in [4.69, 9.17) is 19.2 Å². The van der Waals surface area contributed by atoms with Crippen LogP contribution < -0.4 is 15.5 Å². The van der Waals surface area contributed by atoms with E-state index in [1.54, 1.807) is 67.7 Å². The number of nitrogens with zero attached hydrogens (tertiary/aromatic N) is 5. The SMILES string of the molecule is CCCCCCOC(=O)N=C(NC(=O)OCCCCCC)c1ccc(NCc2nc3cc(C(=O)N(CCC(=O)OCC)c4ccccn4)ccc3n2C)cc1. The summed E-state index contributed by atoms with van der Waals surface area (Å²) in [5.41, 5.74) is 3.13. The van der Waals surface area contributed by atoms with E-state index in [0.717, 1.165) is 68.4 Å². The highest BCUT2D eigenvalue weighted by Gasteiger charge is 2.22. The molecule has 2 heterocycles. The number of fused-ring (bicyclic) bond motifs is 1. The standard InChI is InChI=1S/C41H53N7O7/c1-5-8-10-14-26-54-40(51)45-38(46-41(52)55-27-15-11-9-6-2)30-17-20-32(21-18-30)43-29-36-44-33-28-31(19-22-34(33)47(36)4)39(50)48(25-23-37(49)53-7-3)35-16-12-13-24-42-35/h12-13,16-22,24,28,43H,5-11,14-15,23,25-27,29H2,1-4H3,(H,45,46,51,52). The fourth-order valence-corrected chi connectivity index (χ4v) is 5.70. The number of amides is 3. The Morgan fingerprint density at radius 1 is 0.818 bits per heavy atom. The predicted octanol–water partition coefficient (Wildman–Crippen LogP) is 7.95. The van der Waals surface area contributed by atoms with Crippen LogP contribution in [0.3, 0.4) is 0 Å². The highest BCUT2D eigenvalue weighted by Crippen LogP contribution is 2.22. The van der Waals surface area contributed by atoms with Gasteiger partial charge in [-0.25, -0.2) is 19.6 Å². The number of amidine groups is 1. The summed E-state index contributed by atoms with van der Waals surface area (Å²) in [7, 11) is 1.90. The van der Waals surface area contributed by atoms with Crippen LogP contribution in [-0.4, -0.2) is 70.8 Å². The van der Waals surface area contributed by atoms with Gasteiger partial charge in [0, 0.05) is 36.6 Å². The number of nitrogens with one attached hydrogen (secondary N) is 2. The average Bonchev–Trinajstić information content (AvgIpc) is 3.51. The van der Waals surface area contributed by atoms with E-state index >= 15 is 0 Å². The summed E-state index contributed by atoms with van der Waals surface area (Å²) in [5.74, 6) is 0.480. The molecule has 0 saturated heterocycles. The third-order valence-corrected chi connectivity index (χ3v) is 8.72. The fourth-order valence-electron chi connectivity index (χ4n) is 5.70. The molecule has 0 fully saturated rings. The molecule has 2 aromatic carbocycles. The number of carbonyl (C=O) groups is 4. The number of rotatable bonds is 20. The molecule has 4 aromatic rings. The van der Waals surface area contributed by atoms with E-state index in [0.29, 0.717) is 29.0 Å². The summed E-state index contributed by atoms with van der Waals surface area (Å²) < 4.78 is 17.6. The number of aryl methyl sites for hydroxylation is 1. The van der Waals surface area contributed by atoms with Crippen molar-refractivity contribution in [2.24, 2.45) is 12.0 Å².